The molecular weight excluding hydrogens is 481 g/mol. The fourth-order valence-corrected chi connectivity index (χ4v) is 5.13. The van der Waals surface area contributed by atoms with Crippen LogP contribution in [0.3, 0.4) is 0 Å². The first-order chi connectivity index (χ1) is 13.5. The van der Waals surface area contributed by atoms with Crippen molar-refractivity contribution in [3.63, 3.8) is 0 Å². The maximum Gasteiger partial charge on any atom is -0.0138 e. The first-order valence-corrected chi connectivity index (χ1v) is 16.8. The van der Waals surface area contributed by atoms with Crippen molar-refractivity contribution in [3.8, 4) is 5.30 Å². The molecule has 0 amide bonds. The van der Waals surface area contributed by atoms with Gasteiger partial charge >= 0.3 is 37.9 Å². The van der Waals surface area contributed by atoms with Crippen molar-refractivity contribution >= 4 is 46.1 Å². The largest absolute Gasteiger partial charge is 0.157 e. The average molecular weight is 503 g/mol. The van der Waals surface area contributed by atoms with Gasteiger partial charge in [-0.1, -0.05) is 54.9 Å². The van der Waals surface area contributed by atoms with Crippen LogP contribution in [0.5, 0.6) is 0 Å². The van der Waals surface area contributed by atoms with Crippen molar-refractivity contribution in [1.82, 2.24) is 0 Å². The summed E-state index contributed by atoms with van der Waals surface area (Å²) in [6.07, 6.45) is 9.28. The van der Waals surface area contributed by atoms with Gasteiger partial charge < -0.3 is 0 Å². The van der Waals surface area contributed by atoms with E-state index in [1.165, 1.54) is 26.8 Å². The molecule has 4 heteroatoms. The summed E-state index contributed by atoms with van der Waals surface area (Å²) in [4.78, 5) is 0. The molecule has 0 fully saturated rings. The van der Waals surface area contributed by atoms with Crippen molar-refractivity contribution in [2.75, 3.05) is 0 Å². The zero-order chi connectivity index (χ0) is 20.0. The quantitative estimate of drug-likeness (QED) is 0.228. The van der Waals surface area contributed by atoms with Crippen LogP contribution in [0.1, 0.15) is 13.8 Å². The Morgan fingerprint density at radius 2 is 1.50 bits per heavy atom. The second-order valence-electron chi connectivity index (χ2n) is 7.10. The van der Waals surface area contributed by atoms with Crippen LogP contribution in [-0.4, -0.2) is 0 Å². The molecule has 0 unspecified atom stereocenters. The Balaban J connectivity index is 0.000000188. The van der Waals surface area contributed by atoms with Gasteiger partial charge in [0.15, 0.2) is 0 Å². The molecule has 1 aliphatic carbocycles. The molecule has 0 aliphatic heterocycles. The minimum atomic E-state index is -0.826. The predicted molar refractivity (Wildman–Crippen MR) is 124 cm³/mol. The summed E-state index contributed by atoms with van der Waals surface area (Å²) in [6.45, 7) is 4.26. The van der Waals surface area contributed by atoms with Crippen molar-refractivity contribution < 1.29 is 20.8 Å². The number of allylic oxidation sites excluding steroid dienone is 4. The van der Waals surface area contributed by atoms with E-state index >= 15 is 0 Å². The molecule has 0 nitrogen and oxygen atoms in total. The fraction of sp³-hybridized carbons (Fsp3) is 0.125. The first-order valence-electron chi connectivity index (χ1n) is 9.00. The zero-order valence-electron chi connectivity index (χ0n) is 15.9. The zero-order valence-corrected chi connectivity index (χ0v) is 20.7. The minimum absolute atomic E-state index is 0.208. The molecule has 0 atom stereocenters. The third-order valence-electron chi connectivity index (χ3n) is 4.52. The van der Waals surface area contributed by atoms with Crippen molar-refractivity contribution in [2.24, 2.45) is 5.41 Å². The summed E-state index contributed by atoms with van der Waals surface area (Å²) < 4.78 is 0. The van der Waals surface area contributed by atoms with Gasteiger partial charge in [0, 0.05) is 0 Å². The van der Waals surface area contributed by atoms with Gasteiger partial charge in [0.2, 0.25) is 0 Å². The third-order valence-corrected chi connectivity index (χ3v) is 6.48. The number of halogens is 2. The Labute approximate surface area is 186 Å². The SMILES string of the molecule is CC1(C)[C-]=CC=C1.[Cl][Zr+2][Cl].c1ccc2cp(-c3cc4ccccc4[cH-]3)cc2c1. The monoisotopic (exact) mass is 500 g/mol. The van der Waals surface area contributed by atoms with Gasteiger partial charge in [-0.2, -0.15) is 12.1 Å². The first kappa shape index (κ1) is 21.7. The maximum absolute atomic E-state index is 4.93. The summed E-state index contributed by atoms with van der Waals surface area (Å²) in [6, 6.07) is 21.9. The Kier molecular flexibility index (Phi) is 7.90. The number of hydrogen-bond acceptors (Lipinski definition) is 0. The molecule has 0 radical (unpaired) electrons. The second-order valence-corrected chi connectivity index (χ2v) is 12.7. The van der Waals surface area contributed by atoms with Crippen LogP contribution in [0, 0.1) is 11.5 Å². The van der Waals surface area contributed by atoms with E-state index in [2.05, 4.69) is 98.3 Å². The van der Waals surface area contributed by atoms with E-state index in [0.29, 0.717) is 0 Å². The molecule has 4 aromatic rings. The van der Waals surface area contributed by atoms with Crippen LogP contribution in [0.2, 0.25) is 0 Å². The van der Waals surface area contributed by atoms with E-state index in [9.17, 15) is 0 Å². The topological polar surface area (TPSA) is 0 Å². The van der Waals surface area contributed by atoms with Gasteiger partial charge in [-0.05, 0) is 22.4 Å². The summed E-state index contributed by atoms with van der Waals surface area (Å²) in [5.74, 6) is 4.83. The summed E-state index contributed by atoms with van der Waals surface area (Å²) >= 11 is -0.826. The van der Waals surface area contributed by atoms with E-state index in [1.807, 2.05) is 12.2 Å². The van der Waals surface area contributed by atoms with E-state index in [-0.39, 0.29) is 12.9 Å². The number of hydrogen-bond donors (Lipinski definition) is 0. The number of rotatable bonds is 1. The standard InChI is InChI=1S/C17H12P.C7H9.2ClH.Zr/c1-2-6-14-10-17(9-13(14)5-1)18-11-15-7-3-4-8-16(15)12-18;1-7(2)5-3-4-6-7;;;/h1-12H;3-5H,1-2H3;2*1H;/q2*-1;;;+4/p-2. The van der Waals surface area contributed by atoms with E-state index < -0.39 is 20.8 Å². The molecule has 28 heavy (non-hydrogen) atoms. The molecule has 0 spiro atoms. The molecule has 0 N–H and O–H groups in total. The van der Waals surface area contributed by atoms with Gasteiger partial charge in [-0.25, -0.2) is 12.2 Å². The van der Waals surface area contributed by atoms with Gasteiger partial charge in [0.1, 0.15) is 0 Å². The average Bonchev–Trinajstić information content (AvgIpc) is 3.39. The Bertz CT molecular complexity index is 950. The van der Waals surface area contributed by atoms with Gasteiger partial charge in [0.05, 0.1) is 0 Å². The van der Waals surface area contributed by atoms with Crippen molar-refractivity contribution in [1.29, 1.82) is 0 Å². The molecule has 0 saturated carbocycles. The smallest absolute Gasteiger partial charge is 0.0138 e. The van der Waals surface area contributed by atoms with E-state index in [4.69, 9.17) is 17.0 Å². The molecule has 0 bridgehead atoms. The molecule has 1 aromatic heterocycles. The summed E-state index contributed by atoms with van der Waals surface area (Å²) in [5, 5.41) is 6.94. The van der Waals surface area contributed by atoms with E-state index in [0.717, 1.165) is 0 Å². The van der Waals surface area contributed by atoms with Gasteiger partial charge in [-0.3, -0.25) is 6.08 Å². The van der Waals surface area contributed by atoms with Crippen molar-refractivity contribution in [2.45, 2.75) is 13.8 Å². The predicted octanol–water partition coefficient (Wildman–Crippen LogP) is 9.01. The molecular formula is C24H21Cl2PZr. The summed E-state index contributed by atoms with van der Waals surface area (Å²) in [5.41, 5.74) is 0.208. The Morgan fingerprint density at radius 3 is 1.96 bits per heavy atom. The third kappa shape index (κ3) is 5.78. The van der Waals surface area contributed by atoms with Crippen LogP contribution in [0.15, 0.2) is 90.5 Å². The van der Waals surface area contributed by atoms with Crippen LogP contribution >= 0.6 is 24.6 Å². The molecule has 1 heterocycles. The van der Waals surface area contributed by atoms with Gasteiger partial charge in [0.25, 0.3) is 0 Å². The minimum Gasteiger partial charge on any atom is -0.157 e. The number of benzene rings is 2. The van der Waals surface area contributed by atoms with Crippen LogP contribution in [-0.2, 0) is 20.8 Å². The Hall–Kier alpha value is -0.967. The van der Waals surface area contributed by atoms with Crippen molar-refractivity contribution in [3.05, 3.63) is 96.6 Å². The van der Waals surface area contributed by atoms with Crippen LogP contribution in [0.4, 0.5) is 0 Å². The number of fused-ring (bicyclic) bond motifs is 2. The molecule has 1 aliphatic rings. The normalized spacial score (nSPS) is 13.6. The Morgan fingerprint density at radius 1 is 0.929 bits per heavy atom. The molecule has 0 saturated heterocycles. The fourth-order valence-electron chi connectivity index (χ4n) is 3.11. The van der Waals surface area contributed by atoms with Gasteiger partial charge in [-0.15, -0.1) is 42.6 Å². The van der Waals surface area contributed by atoms with Crippen LogP contribution in [0.25, 0.3) is 26.8 Å². The van der Waals surface area contributed by atoms with Crippen LogP contribution < -0.4 is 0 Å². The maximum atomic E-state index is 4.93. The van der Waals surface area contributed by atoms with E-state index in [1.54, 1.807) is 0 Å². The molecule has 3 aromatic carbocycles. The molecule has 140 valence electrons. The second kappa shape index (κ2) is 10.2. The molecule has 5 rings (SSSR count). The summed E-state index contributed by atoms with van der Waals surface area (Å²) in [7, 11) is 9.60.